The van der Waals surface area contributed by atoms with E-state index in [4.69, 9.17) is 39.6 Å². The molecule has 1 aromatic carbocycles. The van der Waals surface area contributed by atoms with E-state index in [0.29, 0.717) is 5.02 Å². The summed E-state index contributed by atoms with van der Waals surface area (Å²) in [4.78, 5) is 0. The van der Waals surface area contributed by atoms with Gasteiger partial charge < -0.3 is 0 Å². The predicted molar refractivity (Wildman–Crippen MR) is 53.9 cm³/mol. The second kappa shape index (κ2) is 3.47. The maximum atomic E-state index is 5.72. The van der Waals surface area contributed by atoms with E-state index in [9.17, 15) is 0 Å². The van der Waals surface area contributed by atoms with Crippen molar-refractivity contribution in [2.75, 3.05) is 0 Å². The summed E-state index contributed by atoms with van der Waals surface area (Å²) >= 11 is 17.1. The molecule has 0 radical (unpaired) electrons. The molecule has 1 rings (SSSR count). The molecule has 0 fully saturated rings. The topological polar surface area (TPSA) is 26.0 Å². The van der Waals surface area contributed by atoms with Crippen molar-refractivity contribution >= 4 is 45.5 Å². The van der Waals surface area contributed by atoms with Crippen LogP contribution >= 0.6 is 40.2 Å². The minimum Gasteiger partial charge on any atom is -0.170 e. The van der Waals surface area contributed by atoms with Gasteiger partial charge in [-0.25, -0.2) is 0 Å². The van der Waals surface area contributed by atoms with Gasteiger partial charge in [0, 0.05) is 5.02 Å². The first kappa shape index (κ1) is 9.57. The van der Waals surface area contributed by atoms with Crippen LogP contribution in [0.4, 0.5) is 0 Å². The highest BCUT2D eigenvalue weighted by Crippen LogP contribution is 2.59. The molecule has 60 valence electrons. The van der Waals surface area contributed by atoms with Gasteiger partial charge in [0.25, 0.3) is 0 Å². The molecule has 1 nitrogen and oxygen atoms in total. The van der Waals surface area contributed by atoms with E-state index in [1.807, 2.05) is 0 Å². The van der Waals surface area contributed by atoms with Crippen LogP contribution in [0.2, 0.25) is 5.02 Å². The lowest BCUT2D eigenvalue weighted by atomic mass is 10.4. The van der Waals surface area contributed by atoms with Crippen LogP contribution in [-0.2, 0) is 0 Å². The molecule has 0 aromatic heterocycles. The Morgan fingerprint density at radius 1 is 1.09 bits per heavy atom. The van der Waals surface area contributed by atoms with Crippen molar-refractivity contribution in [1.82, 2.24) is 0 Å². The third kappa shape index (κ3) is 2.77. The molecule has 0 saturated carbocycles. The Bertz CT molecular complexity index is 241. The SMILES string of the molecule is N[P+](Cl)(Cl)c1ccc(Cl)cc1. The molecule has 0 unspecified atom stereocenters. The van der Waals surface area contributed by atoms with E-state index in [-0.39, 0.29) is 0 Å². The van der Waals surface area contributed by atoms with Gasteiger partial charge in [-0.1, -0.05) is 11.6 Å². The normalized spacial score (nSPS) is 11.6. The number of hydrogen-bond donors (Lipinski definition) is 1. The molecule has 0 aliphatic heterocycles. The van der Waals surface area contributed by atoms with Crippen molar-refractivity contribution in [2.24, 2.45) is 5.50 Å². The van der Waals surface area contributed by atoms with E-state index in [2.05, 4.69) is 0 Å². The minimum atomic E-state index is -2.40. The molecular formula is C6H6Cl3NP+. The second-order valence-corrected chi connectivity index (χ2v) is 7.82. The summed E-state index contributed by atoms with van der Waals surface area (Å²) in [5, 5.41) is 1.39. The van der Waals surface area contributed by atoms with Crippen molar-refractivity contribution in [3.8, 4) is 0 Å². The molecule has 0 aliphatic rings. The highest BCUT2D eigenvalue weighted by atomic mass is 35.9. The lowest BCUT2D eigenvalue weighted by molar-refractivity contribution is 1.76. The molecule has 2 N–H and O–H groups in total. The van der Waals surface area contributed by atoms with Crippen LogP contribution < -0.4 is 10.8 Å². The van der Waals surface area contributed by atoms with E-state index in [0.717, 1.165) is 5.30 Å². The maximum Gasteiger partial charge on any atom is 0.308 e. The summed E-state index contributed by atoms with van der Waals surface area (Å²) in [6.07, 6.45) is -2.40. The first-order valence-electron chi connectivity index (χ1n) is 2.83. The number of benzene rings is 1. The van der Waals surface area contributed by atoms with Gasteiger partial charge in [0.2, 0.25) is 0 Å². The van der Waals surface area contributed by atoms with Crippen molar-refractivity contribution in [3.05, 3.63) is 29.3 Å². The average molecular weight is 229 g/mol. The van der Waals surface area contributed by atoms with Crippen LogP contribution in [0.25, 0.3) is 0 Å². The first-order chi connectivity index (χ1) is 5.00. The zero-order valence-corrected chi connectivity index (χ0v) is 8.63. The summed E-state index contributed by atoms with van der Waals surface area (Å²) in [5.74, 6) is 0. The fourth-order valence-electron chi connectivity index (χ4n) is 0.640. The molecule has 0 bridgehead atoms. The Labute approximate surface area is 80.4 Å². The fraction of sp³-hybridized carbons (Fsp3) is 0. The van der Waals surface area contributed by atoms with Crippen LogP contribution in [0.5, 0.6) is 0 Å². The quantitative estimate of drug-likeness (QED) is 0.736. The van der Waals surface area contributed by atoms with Gasteiger partial charge in [0.1, 0.15) is 27.8 Å². The molecular weight excluding hydrogens is 223 g/mol. The molecule has 0 amide bonds. The summed E-state index contributed by atoms with van der Waals surface area (Å²) in [7, 11) is 0. The third-order valence-electron chi connectivity index (χ3n) is 1.17. The Morgan fingerprint density at radius 3 is 1.91 bits per heavy atom. The molecule has 0 saturated heterocycles. The van der Waals surface area contributed by atoms with Crippen LogP contribution in [0.15, 0.2) is 24.3 Å². The van der Waals surface area contributed by atoms with Crippen LogP contribution in [0, 0.1) is 0 Å². The molecule has 0 atom stereocenters. The second-order valence-electron chi connectivity index (χ2n) is 2.03. The number of nitrogens with two attached hydrogens (primary N) is 1. The minimum absolute atomic E-state index is 0.649. The van der Waals surface area contributed by atoms with E-state index >= 15 is 0 Å². The molecule has 0 aliphatic carbocycles. The smallest absolute Gasteiger partial charge is 0.170 e. The Kier molecular flexibility index (Phi) is 3.02. The molecule has 5 heteroatoms. The number of halogens is 3. The Balaban J connectivity index is 2.99. The summed E-state index contributed by atoms with van der Waals surface area (Å²) in [5.41, 5.74) is 5.51. The van der Waals surface area contributed by atoms with Gasteiger partial charge in [-0.2, -0.15) is 5.50 Å². The highest BCUT2D eigenvalue weighted by molar-refractivity contribution is 8.20. The number of rotatable bonds is 1. The average Bonchev–Trinajstić information content (AvgIpc) is 1.86. The van der Waals surface area contributed by atoms with Gasteiger partial charge in [0.05, 0.1) is 0 Å². The number of hydrogen-bond acceptors (Lipinski definition) is 1. The van der Waals surface area contributed by atoms with Gasteiger partial charge in [-0.3, -0.25) is 0 Å². The fourth-order valence-corrected chi connectivity index (χ4v) is 1.99. The zero-order chi connectivity index (χ0) is 8.48. The molecule has 11 heavy (non-hydrogen) atoms. The van der Waals surface area contributed by atoms with Gasteiger partial charge in [-0.15, -0.1) is 0 Å². The van der Waals surface area contributed by atoms with Gasteiger partial charge in [-0.05, 0) is 24.3 Å². The third-order valence-corrected chi connectivity index (χ3v) is 3.58. The molecule has 0 spiro atoms. The maximum absolute atomic E-state index is 5.72. The lowest BCUT2D eigenvalue weighted by Gasteiger charge is -2.01. The standard InChI is InChI=1S/C6H6Cl3NP/c7-5-1-3-6(4-2-5)11(8,9)10/h1-4H,10H2/q+1. The van der Waals surface area contributed by atoms with Crippen molar-refractivity contribution in [1.29, 1.82) is 0 Å². The summed E-state index contributed by atoms with van der Waals surface area (Å²) in [6, 6.07) is 6.89. The van der Waals surface area contributed by atoms with Crippen LogP contribution in [-0.4, -0.2) is 0 Å². The van der Waals surface area contributed by atoms with Crippen molar-refractivity contribution in [2.45, 2.75) is 0 Å². The monoisotopic (exact) mass is 228 g/mol. The summed E-state index contributed by atoms with van der Waals surface area (Å²) < 4.78 is 0. The summed E-state index contributed by atoms with van der Waals surface area (Å²) in [6.45, 7) is 0. The largest absolute Gasteiger partial charge is 0.308 e. The van der Waals surface area contributed by atoms with E-state index < -0.39 is 6.12 Å². The highest BCUT2D eigenvalue weighted by Gasteiger charge is 2.32. The van der Waals surface area contributed by atoms with E-state index in [1.54, 1.807) is 24.3 Å². The Morgan fingerprint density at radius 2 is 1.55 bits per heavy atom. The molecule has 1 aromatic rings. The van der Waals surface area contributed by atoms with Gasteiger partial charge >= 0.3 is 6.12 Å². The molecule has 0 heterocycles. The predicted octanol–water partition coefficient (Wildman–Crippen LogP) is 3.16. The first-order valence-corrected chi connectivity index (χ1v) is 6.88. The van der Waals surface area contributed by atoms with Gasteiger partial charge in [0.15, 0.2) is 0 Å². The van der Waals surface area contributed by atoms with Crippen LogP contribution in [0.1, 0.15) is 0 Å². The Hall–Kier alpha value is 0.480. The van der Waals surface area contributed by atoms with Crippen LogP contribution in [0.3, 0.4) is 0 Å². The lowest BCUT2D eigenvalue weighted by Crippen LogP contribution is -2.07. The van der Waals surface area contributed by atoms with Crippen molar-refractivity contribution in [3.63, 3.8) is 0 Å². The van der Waals surface area contributed by atoms with Crippen molar-refractivity contribution < 1.29 is 0 Å². The van der Waals surface area contributed by atoms with E-state index in [1.165, 1.54) is 0 Å². The zero-order valence-electron chi connectivity index (χ0n) is 5.47.